The van der Waals surface area contributed by atoms with Crippen LogP contribution >= 0.6 is 0 Å². The van der Waals surface area contributed by atoms with E-state index in [2.05, 4.69) is 5.16 Å². The van der Waals surface area contributed by atoms with E-state index >= 15 is 0 Å². The number of aryl methyl sites for hydroxylation is 1. The summed E-state index contributed by atoms with van der Waals surface area (Å²) in [6.07, 6.45) is 5.62. The van der Waals surface area contributed by atoms with Gasteiger partial charge < -0.3 is 18.9 Å². The zero-order valence-corrected chi connectivity index (χ0v) is 13.6. The summed E-state index contributed by atoms with van der Waals surface area (Å²) in [7, 11) is 0. The molecule has 0 radical (unpaired) electrons. The number of hydrogen-bond acceptors (Lipinski definition) is 5. The molecule has 3 fully saturated rings. The fourth-order valence-corrected chi connectivity index (χ4v) is 3.64. The highest BCUT2D eigenvalue weighted by atomic mass is 16.6. The lowest BCUT2D eigenvalue weighted by Gasteiger charge is -2.39. The Morgan fingerprint density at radius 2 is 2.39 bits per heavy atom. The van der Waals surface area contributed by atoms with E-state index < -0.39 is 0 Å². The van der Waals surface area contributed by atoms with Crippen molar-refractivity contribution in [2.24, 2.45) is 5.92 Å². The first kappa shape index (κ1) is 15.1. The third kappa shape index (κ3) is 3.28. The molecule has 6 nitrogen and oxygen atoms in total. The van der Waals surface area contributed by atoms with E-state index in [1.54, 1.807) is 6.07 Å². The Balaban J connectivity index is 1.37. The Morgan fingerprint density at radius 3 is 3.13 bits per heavy atom. The second kappa shape index (κ2) is 5.91. The Kier molecular flexibility index (Phi) is 3.89. The van der Waals surface area contributed by atoms with E-state index in [9.17, 15) is 4.79 Å². The van der Waals surface area contributed by atoms with E-state index in [4.69, 9.17) is 14.0 Å². The number of nitrogens with zero attached hydrogens (tertiary/aromatic N) is 2. The predicted octanol–water partition coefficient (Wildman–Crippen LogP) is 2.17. The maximum absolute atomic E-state index is 12.6. The molecular formula is C17H24N2O4. The van der Waals surface area contributed by atoms with Gasteiger partial charge >= 0.3 is 0 Å². The van der Waals surface area contributed by atoms with E-state index in [0.29, 0.717) is 18.9 Å². The molecule has 0 N–H and O–H groups in total. The molecule has 0 bridgehead atoms. The van der Waals surface area contributed by atoms with Gasteiger partial charge in [-0.2, -0.15) is 0 Å². The zero-order chi connectivity index (χ0) is 15.9. The van der Waals surface area contributed by atoms with Gasteiger partial charge in [-0.25, -0.2) is 0 Å². The molecule has 0 aromatic carbocycles. The van der Waals surface area contributed by atoms with Crippen LogP contribution in [0.3, 0.4) is 0 Å². The summed E-state index contributed by atoms with van der Waals surface area (Å²) >= 11 is 0. The van der Waals surface area contributed by atoms with Crippen LogP contribution < -0.4 is 0 Å². The van der Waals surface area contributed by atoms with Crippen molar-refractivity contribution >= 4 is 5.91 Å². The van der Waals surface area contributed by atoms with Crippen LogP contribution in [0.1, 0.15) is 48.4 Å². The second-order valence-electron chi connectivity index (χ2n) is 7.26. The Morgan fingerprint density at radius 1 is 1.52 bits per heavy atom. The topological polar surface area (TPSA) is 64.8 Å². The molecule has 3 aliphatic rings. The number of aromatic nitrogens is 1. The monoisotopic (exact) mass is 320 g/mol. The molecule has 2 saturated heterocycles. The van der Waals surface area contributed by atoms with Gasteiger partial charge in [-0.3, -0.25) is 4.79 Å². The van der Waals surface area contributed by atoms with Crippen LogP contribution in [0.4, 0.5) is 0 Å². The molecule has 4 rings (SSSR count). The molecule has 1 amide bonds. The summed E-state index contributed by atoms with van der Waals surface area (Å²) < 4.78 is 17.2. The van der Waals surface area contributed by atoms with Gasteiger partial charge in [0.25, 0.3) is 5.91 Å². The molecule has 2 aliphatic heterocycles. The van der Waals surface area contributed by atoms with Crippen molar-refractivity contribution in [2.45, 2.75) is 50.7 Å². The molecule has 23 heavy (non-hydrogen) atoms. The number of carbonyl (C=O) groups excluding carboxylic acids is 1. The Labute approximate surface area is 136 Å². The third-order valence-corrected chi connectivity index (χ3v) is 5.11. The lowest BCUT2D eigenvalue weighted by atomic mass is 9.89. The summed E-state index contributed by atoms with van der Waals surface area (Å²) in [5.74, 6) is 1.00. The molecule has 1 aromatic heterocycles. The van der Waals surface area contributed by atoms with Crippen molar-refractivity contribution in [1.29, 1.82) is 0 Å². The minimum Gasteiger partial charge on any atom is -0.375 e. The summed E-state index contributed by atoms with van der Waals surface area (Å²) in [4.78, 5) is 14.4. The molecule has 1 spiro atoms. The number of carbonyl (C=O) groups is 1. The maximum Gasteiger partial charge on any atom is 0.292 e. The molecule has 1 saturated carbocycles. The van der Waals surface area contributed by atoms with Gasteiger partial charge in [0.1, 0.15) is 0 Å². The lowest BCUT2D eigenvalue weighted by Crippen LogP contribution is -2.50. The zero-order valence-electron chi connectivity index (χ0n) is 13.6. The first-order valence-corrected chi connectivity index (χ1v) is 8.62. The van der Waals surface area contributed by atoms with Crippen LogP contribution in [0, 0.1) is 12.8 Å². The highest BCUT2D eigenvalue weighted by molar-refractivity contribution is 5.91. The van der Waals surface area contributed by atoms with E-state index in [1.165, 1.54) is 12.8 Å². The summed E-state index contributed by atoms with van der Waals surface area (Å²) in [5, 5.41) is 3.81. The van der Waals surface area contributed by atoms with E-state index in [-0.39, 0.29) is 17.6 Å². The van der Waals surface area contributed by atoms with Crippen molar-refractivity contribution in [3.8, 4) is 0 Å². The van der Waals surface area contributed by atoms with Crippen LogP contribution in [0.5, 0.6) is 0 Å². The average Bonchev–Trinajstić information content (AvgIpc) is 3.17. The van der Waals surface area contributed by atoms with Crippen molar-refractivity contribution in [3.05, 3.63) is 17.5 Å². The molecule has 0 unspecified atom stereocenters. The number of hydrogen-bond donors (Lipinski definition) is 0. The highest BCUT2D eigenvalue weighted by Gasteiger charge is 2.45. The van der Waals surface area contributed by atoms with Gasteiger partial charge in [0.2, 0.25) is 5.76 Å². The van der Waals surface area contributed by atoms with Crippen molar-refractivity contribution < 1.29 is 18.8 Å². The lowest BCUT2D eigenvalue weighted by molar-refractivity contribution is -0.0471. The predicted molar refractivity (Wildman–Crippen MR) is 82.1 cm³/mol. The van der Waals surface area contributed by atoms with Gasteiger partial charge in [-0.15, -0.1) is 0 Å². The number of rotatable bonds is 4. The summed E-state index contributed by atoms with van der Waals surface area (Å²) in [6.45, 7) is 4.70. The molecule has 6 heteroatoms. The first-order valence-electron chi connectivity index (χ1n) is 8.62. The van der Waals surface area contributed by atoms with Gasteiger partial charge in [-0.1, -0.05) is 5.16 Å². The van der Waals surface area contributed by atoms with Gasteiger partial charge in [0.15, 0.2) is 0 Å². The van der Waals surface area contributed by atoms with E-state index in [1.807, 2.05) is 11.8 Å². The Bertz CT molecular complexity index is 583. The summed E-state index contributed by atoms with van der Waals surface area (Å²) in [5.41, 5.74) is 0.489. The van der Waals surface area contributed by atoms with Crippen molar-refractivity contribution in [2.75, 3.05) is 26.3 Å². The van der Waals surface area contributed by atoms with Crippen LogP contribution in [0.15, 0.2) is 10.6 Å². The minimum absolute atomic E-state index is 0.0874. The number of likely N-dealkylation sites (tertiary alicyclic amines) is 1. The van der Waals surface area contributed by atoms with Crippen molar-refractivity contribution in [3.63, 3.8) is 0 Å². The standard InChI is InChI=1S/C17H24N2O4/c1-12-7-15(23-18-12)16(20)19-6-2-5-17(11-19)8-14(10-22-17)21-9-13-3-4-13/h7,13-14H,2-6,8-11H2,1H3/t14-,17+/m1/s1. The SMILES string of the molecule is Cc1cc(C(=O)N2CCC[C@]3(C[C@@H](OCC4CC4)CO3)C2)on1. The minimum atomic E-state index is -0.239. The molecule has 2 atom stereocenters. The maximum atomic E-state index is 12.6. The van der Waals surface area contributed by atoms with Gasteiger partial charge in [0.05, 0.1) is 30.6 Å². The van der Waals surface area contributed by atoms with Crippen LogP contribution in [-0.4, -0.2) is 54.0 Å². The number of amides is 1. The number of piperidine rings is 1. The molecule has 3 heterocycles. The van der Waals surface area contributed by atoms with Gasteiger partial charge in [-0.05, 0) is 38.5 Å². The first-order chi connectivity index (χ1) is 11.1. The van der Waals surface area contributed by atoms with Gasteiger partial charge in [0, 0.05) is 25.6 Å². The fourth-order valence-electron chi connectivity index (χ4n) is 3.64. The normalized spacial score (nSPS) is 31.0. The number of ether oxygens (including phenoxy) is 2. The average molecular weight is 320 g/mol. The highest BCUT2D eigenvalue weighted by Crippen LogP contribution is 2.37. The van der Waals surface area contributed by atoms with Crippen LogP contribution in [0.25, 0.3) is 0 Å². The third-order valence-electron chi connectivity index (χ3n) is 5.11. The molecule has 1 aromatic rings. The smallest absolute Gasteiger partial charge is 0.292 e. The quantitative estimate of drug-likeness (QED) is 0.851. The molecular weight excluding hydrogens is 296 g/mol. The van der Waals surface area contributed by atoms with E-state index in [0.717, 1.165) is 44.0 Å². The van der Waals surface area contributed by atoms with Crippen LogP contribution in [-0.2, 0) is 9.47 Å². The molecule has 126 valence electrons. The summed E-state index contributed by atoms with van der Waals surface area (Å²) in [6, 6.07) is 1.70. The van der Waals surface area contributed by atoms with Crippen molar-refractivity contribution in [1.82, 2.24) is 10.1 Å². The Hall–Kier alpha value is -1.40. The van der Waals surface area contributed by atoms with Crippen LogP contribution in [0.2, 0.25) is 0 Å². The fraction of sp³-hybridized carbons (Fsp3) is 0.765. The second-order valence-corrected chi connectivity index (χ2v) is 7.26. The largest absolute Gasteiger partial charge is 0.375 e. The molecule has 1 aliphatic carbocycles.